The standard InChI is InChI=1S/C5H10NO8P/c1-4(14-6(8)9)13-5(7)15(10,11-2)12-3/h4H,1-3H3. The molecule has 9 nitrogen and oxygen atoms in total. The fourth-order valence-electron chi connectivity index (χ4n) is 0.573. The number of ether oxygens (including phenoxy) is 1. The Morgan fingerprint density at radius 3 is 2.20 bits per heavy atom. The third-order valence-corrected chi connectivity index (χ3v) is 2.72. The molecule has 10 heteroatoms. The number of hydrogen-bond donors (Lipinski definition) is 0. The first-order valence-corrected chi connectivity index (χ1v) is 5.14. The molecule has 0 saturated carbocycles. The quantitative estimate of drug-likeness (QED) is 0.295. The third kappa shape index (κ3) is 4.24. The molecule has 0 radical (unpaired) electrons. The van der Waals surface area contributed by atoms with Crippen molar-refractivity contribution in [1.82, 2.24) is 0 Å². The highest BCUT2D eigenvalue weighted by atomic mass is 31.2. The van der Waals surface area contributed by atoms with Crippen LogP contribution in [-0.4, -0.2) is 31.3 Å². The number of carbonyl (C=O) groups is 1. The van der Waals surface area contributed by atoms with E-state index in [9.17, 15) is 19.5 Å². The Morgan fingerprint density at radius 2 is 1.87 bits per heavy atom. The van der Waals surface area contributed by atoms with Crippen molar-refractivity contribution in [2.75, 3.05) is 14.2 Å². The van der Waals surface area contributed by atoms with Crippen molar-refractivity contribution in [3.8, 4) is 0 Å². The van der Waals surface area contributed by atoms with Gasteiger partial charge in [-0.3, -0.25) is 4.84 Å². The average Bonchev–Trinajstić information content (AvgIpc) is 2.15. The molecule has 0 rings (SSSR count). The van der Waals surface area contributed by atoms with E-state index in [1.807, 2.05) is 0 Å². The van der Waals surface area contributed by atoms with E-state index < -0.39 is 24.7 Å². The Balaban J connectivity index is 4.36. The van der Waals surface area contributed by atoms with E-state index in [2.05, 4.69) is 18.6 Å². The van der Waals surface area contributed by atoms with Crippen LogP contribution < -0.4 is 0 Å². The Kier molecular flexibility index (Phi) is 5.20. The summed E-state index contributed by atoms with van der Waals surface area (Å²) >= 11 is 0. The van der Waals surface area contributed by atoms with Crippen molar-refractivity contribution in [2.45, 2.75) is 13.2 Å². The normalized spacial score (nSPS) is 13.0. The molecule has 0 amide bonds. The van der Waals surface area contributed by atoms with Crippen LogP contribution in [0.25, 0.3) is 0 Å². The summed E-state index contributed by atoms with van der Waals surface area (Å²) in [6.07, 6.45) is -1.49. The van der Waals surface area contributed by atoms with Crippen LogP contribution in [0.2, 0.25) is 0 Å². The predicted molar refractivity (Wildman–Crippen MR) is 45.6 cm³/mol. The van der Waals surface area contributed by atoms with Crippen LogP contribution in [0.3, 0.4) is 0 Å². The second-order valence-corrected chi connectivity index (χ2v) is 4.23. The van der Waals surface area contributed by atoms with Crippen LogP contribution in [0.1, 0.15) is 6.92 Å². The van der Waals surface area contributed by atoms with Gasteiger partial charge >= 0.3 is 13.3 Å². The SMILES string of the molecule is COP(=O)(OC)C(=O)OC(C)O[N+](=O)[O-]. The van der Waals surface area contributed by atoms with Crippen LogP contribution in [0.4, 0.5) is 4.79 Å². The van der Waals surface area contributed by atoms with E-state index in [1.165, 1.54) is 0 Å². The molecule has 0 saturated heterocycles. The van der Waals surface area contributed by atoms with E-state index in [1.54, 1.807) is 0 Å². The third-order valence-electron chi connectivity index (χ3n) is 1.21. The number of hydrogen-bond acceptors (Lipinski definition) is 8. The number of nitrogens with zero attached hydrogens (tertiary/aromatic N) is 1. The minimum atomic E-state index is -4.03. The summed E-state index contributed by atoms with van der Waals surface area (Å²) in [5, 5.41) is 8.69. The molecule has 0 spiro atoms. The van der Waals surface area contributed by atoms with E-state index >= 15 is 0 Å². The molecule has 0 fully saturated rings. The van der Waals surface area contributed by atoms with E-state index in [4.69, 9.17) is 0 Å². The smallest absolute Gasteiger partial charge is 0.426 e. The van der Waals surface area contributed by atoms with Crippen molar-refractivity contribution >= 4 is 13.3 Å². The number of rotatable bonds is 6. The maximum absolute atomic E-state index is 11.3. The fraction of sp³-hybridized carbons (Fsp3) is 0.800. The molecule has 0 aromatic heterocycles. The monoisotopic (exact) mass is 243 g/mol. The number of carbonyl (C=O) groups excluding carboxylic acids is 1. The summed E-state index contributed by atoms with van der Waals surface area (Å²) in [5.41, 5.74) is -1.36. The van der Waals surface area contributed by atoms with Gasteiger partial charge in [-0.1, -0.05) is 0 Å². The largest absolute Gasteiger partial charge is 0.437 e. The van der Waals surface area contributed by atoms with Gasteiger partial charge in [-0.15, -0.1) is 10.1 Å². The lowest BCUT2D eigenvalue weighted by Crippen LogP contribution is -2.20. The first-order valence-electron chi connectivity index (χ1n) is 3.59. The molecule has 15 heavy (non-hydrogen) atoms. The lowest BCUT2D eigenvalue weighted by molar-refractivity contribution is -0.777. The lowest BCUT2D eigenvalue weighted by Gasteiger charge is -2.15. The summed E-state index contributed by atoms with van der Waals surface area (Å²) in [4.78, 5) is 24.8. The van der Waals surface area contributed by atoms with Gasteiger partial charge in [0.05, 0.1) is 0 Å². The summed E-state index contributed by atoms with van der Waals surface area (Å²) in [6.45, 7) is 1.08. The summed E-state index contributed by atoms with van der Waals surface area (Å²) < 4.78 is 24.2. The van der Waals surface area contributed by atoms with Gasteiger partial charge in [0.15, 0.2) is 0 Å². The Hall–Kier alpha value is -1.18. The maximum Gasteiger partial charge on any atom is 0.437 e. The van der Waals surface area contributed by atoms with Gasteiger partial charge in [0.2, 0.25) is 6.29 Å². The van der Waals surface area contributed by atoms with Crippen LogP contribution in [0, 0.1) is 10.1 Å². The lowest BCUT2D eigenvalue weighted by atomic mass is 10.8. The Morgan fingerprint density at radius 1 is 1.40 bits per heavy atom. The van der Waals surface area contributed by atoms with Gasteiger partial charge in [0, 0.05) is 14.2 Å². The molecular formula is C5H10NO8P. The Bertz CT molecular complexity index is 283. The van der Waals surface area contributed by atoms with Gasteiger partial charge in [-0.05, 0) is 6.92 Å². The predicted octanol–water partition coefficient (Wildman–Crippen LogP) is 1.16. The van der Waals surface area contributed by atoms with Crippen LogP contribution in [0.15, 0.2) is 0 Å². The molecule has 0 aliphatic rings. The van der Waals surface area contributed by atoms with Crippen LogP contribution in [0.5, 0.6) is 0 Å². The van der Waals surface area contributed by atoms with Crippen LogP contribution in [-0.2, 0) is 23.2 Å². The molecule has 0 N–H and O–H groups in total. The van der Waals surface area contributed by atoms with Crippen molar-refractivity contribution in [3.05, 3.63) is 10.1 Å². The fourth-order valence-corrected chi connectivity index (χ4v) is 1.30. The summed E-state index contributed by atoms with van der Waals surface area (Å²) in [6, 6.07) is 0. The minimum absolute atomic E-state index is 0.977. The Labute approximate surface area is 84.9 Å². The molecule has 0 aromatic carbocycles. The maximum atomic E-state index is 11.3. The molecule has 0 heterocycles. The van der Waals surface area contributed by atoms with Gasteiger partial charge < -0.3 is 13.8 Å². The van der Waals surface area contributed by atoms with Crippen LogP contribution >= 0.6 is 7.60 Å². The molecule has 0 aliphatic heterocycles. The molecule has 0 aliphatic carbocycles. The zero-order valence-corrected chi connectivity index (χ0v) is 9.13. The van der Waals surface area contributed by atoms with Gasteiger partial charge in [0.25, 0.3) is 5.09 Å². The topological polar surface area (TPSA) is 114 Å². The highest BCUT2D eigenvalue weighted by Gasteiger charge is 2.36. The average molecular weight is 243 g/mol. The van der Waals surface area contributed by atoms with Gasteiger partial charge in [-0.2, -0.15) is 0 Å². The van der Waals surface area contributed by atoms with Crippen molar-refractivity contribution in [3.63, 3.8) is 0 Å². The zero-order valence-electron chi connectivity index (χ0n) is 8.24. The van der Waals surface area contributed by atoms with E-state index in [0.717, 1.165) is 21.1 Å². The zero-order chi connectivity index (χ0) is 12.1. The van der Waals surface area contributed by atoms with Crippen molar-refractivity contribution < 1.29 is 33.1 Å². The van der Waals surface area contributed by atoms with Gasteiger partial charge in [-0.25, -0.2) is 9.36 Å². The second-order valence-electron chi connectivity index (χ2n) is 2.14. The summed E-state index contributed by atoms with van der Waals surface area (Å²) in [7, 11) is -2.08. The molecule has 1 atom stereocenters. The molecular weight excluding hydrogens is 233 g/mol. The molecule has 0 bridgehead atoms. The highest BCUT2D eigenvalue weighted by Crippen LogP contribution is 2.48. The van der Waals surface area contributed by atoms with Crippen molar-refractivity contribution in [1.29, 1.82) is 0 Å². The summed E-state index contributed by atoms with van der Waals surface area (Å²) in [5.74, 6) is 0. The van der Waals surface area contributed by atoms with Gasteiger partial charge in [0.1, 0.15) is 0 Å². The molecule has 1 unspecified atom stereocenters. The van der Waals surface area contributed by atoms with E-state index in [-0.39, 0.29) is 0 Å². The first kappa shape index (κ1) is 13.8. The second kappa shape index (κ2) is 5.64. The minimum Gasteiger partial charge on any atom is -0.426 e. The molecule has 0 aromatic rings. The highest BCUT2D eigenvalue weighted by molar-refractivity contribution is 7.71. The van der Waals surface area contributed by atoms with E-state index in [0.29, 0.717) is 0 Å². The first-order chi connectivity index (χ1) is 6.85. The van der Waals surface area contributed by atoms with Crippen molar-refractivity contribution in [2.24, 2.45) is 0 Å². The molecule has 88 valence electrons.